The summed E-state index contributed by atoms with van der Waals surface area (Å²) in [6.07, 6.45) is 36.6. The second-order valence-corrected chi connectivity index (χ2v) is 17.2. The van der Waals surface area contributed by atoms with E-state index >= 15 is 0 Å². The minimum absolute atomic E-state index is 0.0323. The third-order valence-corrected chi connectivity index (χ3v) is 12.0. The molecular weight excluding hydrogens is 685 g/mol. The average Bonchev–Trinajstić information content (AvgIpc) is 3.70. The molecule has 1 fully saturated rings. The van der Waals surface area contributed by atoms with E-state index in [0.29, 0.717) is 44.3 Å². The summed E-state index contributed by atoms with van der Waals surface area (Å²) in [5, 5.41) is 3.37. The SMILES string of the molecule is CCCCCC(CCCCC)CCOC(=O)CCCCCCCC(CCCCCC(=O)OCCC(CCCCC)CCCCC)NC(=O)CCN1CCCC1. The van der Waals surface area contributed by atoms with Crippen LogP contribution in [0.2, 0.25) is 0 Å². The maximum absolute atomic E-state index is 12.9. The molecule has 1 heterocycles. The molecule has 0 aromatic rings. The Kier molecular flexibility index (Phi) is 35.4. The van der Waals surface area contributed by atoms with Crippen LogP contribution in [-0.4, -0.2) is 61.6 Å². The Hall–Kier alpha value is -1.63. The van der Waals surface area contributed by atoms with Gasteiger partial charge in [0.25, 0.3) is 0 Å². The van der Waals surface area contributed by atoms with Gasteiger partial charge >= 0.3 is 11.9 Å². The number of carbonyl (C=O) groups excluding carboxylic acids is 3. The maximum atomic E-state index is 12.9. The van der Waals surface area contributed by atoms with Gasteiger partial charge in [0, 0.05) is 31.8 Å². The summed E-state index contributed by atoms with van der Waals surface area (Å²) < 4.78 is 11.3. The number of unbranched alkanes of at least 4 members (excludes halogenated alkanes) is 14. The smallest absolute Gasteiger partial charge is 0.305 e. The van der Waals surface area contributed by atoms with Crippen molar-refractivity contribution in [2.45, 2.75) is 246 Å². The van der Waals surface area contributed by atoms with Crippen molar-refractivity contribution >= 4 is 17.8 Å². The van der Waals surface area contributed by atoms with Crippen LogP contribution >= 0.6 is 0 Å². The lowest BCUT2D eigenvalue weighted by Crippen LogP contribution is -2.36. The van der Waals surface area contributed by atoms with Gasteiger partial charge in [0.05, 0.1) is 13.2 Å². The molecule has 0 aromatic heterocycles. The molecule has 7 heteroatoms. The largest absolute Gasteiger partial charge is 0.466 e. The van der Waals surface area contributed by atoms with Gasteiger partial charge in [-0.1, -0.05) is 169 Å². The minimum atomic E-state index is -0.0508. The van der Waals surface area contributed by atoms with Crippen LogP contribution in [0.4, 0.5) is 0 Å². The van der Waals surface area contributed by atoms with Crippen LogP contribution in [0.15, 0.2) is 0 Å². The van der Waals surface area contributed by atoms with E-state index in [1.165, 1.54) is 116 Å². The number of hydrogen-bond donors (Lipinski definition) is 1. The van der Waals surface area contributed by atoms with Crippen LogP contribution in [0.25, 0.3) is 0 Å². The average molecular weight is 777 g/mol. The highest BCUT2D eigenvalue weighted by atomic mass is 16.5. The van der Waals surface area contributed by atoms with Crippen LogP contribution in [-0.2, 0) is 23.9 Å². The van der Waals surface area contributed by atoms with Gasteiger partial charge < -0.3 is 19.7 Å². The summed E-state index contributed by atoms with van der Waals surface area (Å²) in [6.45, 7) is 13.3. The zero-order chi connectivity index (χ0) is 40.0. The van der Waals surface area contributed by atoms with Gasteiger partial charge in [-0.25, -0.2) is 0 Å². The highest BCUT2D eigenvalue weighted by Gasteiger charge is 2.17. The van der Waals surface area contributed by atoms with E-state index in [-0.39, 0.29) is 23.9 Å². The molecule has 0 aromatic carbocycles. The van der Waals surface area contributed by atoms with E-state index < -0.39 is 0 Å². The van der Waals surface area contributed by atoms with E-state index in [1.54, 1.807) is 0 Å². The Morgan fingerprint density at radius 3 is 1.29 bits per heavy atom. The fourth-order valence-corrected chi connectivity index (χ4v) is 8.30. The van der Waals surface area contributed by atoms with Crippen molar-refractivity contribution in [2.24, 2.45) is 11.8 Å². The Bertz CT molecular complexity index is 872. The number of nitrogens with one attached hydrogen (secondary N) is 1. The molecule has 7 nitrogen and oxygen atoms in total. The fourth-order valence-electron chi connectivity index (χ4n) is 8.30. The van der Waals surface area contributed by atoms with Crippen LogP contribution < -0.4 is 5.32 Å². The number of rotatable bonds is 40. The lowest BCUT2D eigenvalue weighted by molar-refractivity contribution is -0.145. The fraction of sp³-hybridized carbons (Fsp3) is 0.938. The maximum Gasteiger partial charge on any atom is 0.305 e. The molecular formula is C48H92N2O5. The Balaban J connectivity index is 2.32. The van der Waals surface area contributed by atoms with Gasteiger partial charge in [-0.3, -0.25) is 14.4 Å². The van der Waals surface area contributed by atoms with Crippen molar-refractivity contribution in [3.05, 3.63) is 0 Å². The molecule has 0 bridgehead atoms. The summed E-state index contributed by atoms with van der Waals surface area (Å²) >= 11 is 0. The topological polar surface area (TPSA) is 84.9 Å². The van der Waals surface area contributed by atoms with Gasteiger partial charge in [-0.05, 0) is 76.3 Å². The molecule has 1 unspecified atom stereocenters. The molecule has 1 rings (SSSR count). The molecule has 1 aliphatic rings. The lowest BCUT2D eigenvalue weighted by atomic mass is 9.92. The number of ether oxygens (including phenoxy) is 2. The summed E-state index contributed by atoms with van der Waals surface area (Å²) in [4.78, 5) is 40.2. The predicted molar refractivity (Wildman–Crippen MR) is 232 cm³/mol. The molecule has 324 valence electrons. The molecule has 0 radical (unpaired) electrons. The van der Waals surface area contributed by atoms with Gasteiger partial charge in [0.15, 0.2) is 0 Å². The van der Waals surface area contributed by atoms with Gasteiger partial charge in [0.2, 0.25) is 5.91 Å². The first kappa shape index (κ1) is 51.4. The minimum Gasteiger partial charge on any atom is -0.466 e. The van der Waals surface area contributed by atoms with Crippen molar-refractivity contribution in [3.63, 3.8) is 0 Å². The first-order valence-electron chi connectivity index (χ1n) is 24.2. The number of nitrogens with zero attached hydrogens (tertiary/aromatic N) is 1. The monoisotopic (exact) mass is 777 g/mol. The Morgan fingerprint density at radius 1 is 0.473 bits per heavy atom. The van der Waals surface area contributed by atoms with Crippen LogP contribution in [0, 0.1) is 11.8 Å². The normalized spacial score (nSPS) is 13.9. The molecule has 0 spiro atoms. The number of amides is 1. The summed E-state index contributed by atoms with van der Waals surface area (Å²) in [6, 6.07) is 0.193. The molecule has 1 aliphatic heterocycles. The molecule has 0 saturated carbocycles. The van der Waals surface area contributed by atoms with Crippen molar-refractivity contribution in [3.8, 4) is 0 Å². The third-order valence-electron chi connectivity index (χ3n) is 12.0. The van der Waals surface area contributed by atoms with Crippen LogP contribution in [0.1, 0.15) is 240 Å². The van der Waals surface area contributed by atoms with Crippen molar-refractivity contribution in [1.82, 2.24) is 10.2 Å². The van der Waals surface area contributed by atoms with Crippen LogP contribution in [0.5, 0.6) is 0 Å². The van der Waals surface area contributed by atoms with Crippen molar-refractivity contribution in [1.29, 1.82) is 0 Å². The molecule has 1 saturated heterocycles. The summed E-state index contributed by atoms with van der Waals surface area (Å²) in [5.74, 6) is 1.47. The highest BCUT2D eigenvalue weighted by Crippen LogP contribution is 2.23. The van der Waals surface area contributed by atoms with E-state index in [0.717, 1.165) is 96.7 Å². The first-order valence-corrected chi connectivity index (χ1v) is 24.2. The molecule has 1 atom stereocenters. The first-order chi connectivity index (χ1) is 26.9. The number of hydrogen-bond acceptors (Lipinski definition) is 6. The van der Waals surface area contributed by atoms with E-state index in [2.05, 4.69) is 37.9 Å². The van der Waals surface area contributed by atoms with E-state index in [1.807, 2.05) is 0 Å². The van der Waals surface area contributed by atoms with Crippen molar-refractivity contribution < 1.29 is 23.9 Å². The second kappa shape index (κ2) is 37.9. The number of esters is 2. The molecule has 1 N–H and O–H groups in total. The van der Waals surface area contributed by atoms with Gasteiger partial charge in [-0.15, -0.1) is 0 Å². The third kappa shape index (κ3) is 32.1. The van der Waals surface area contributed by atoms with Crippen LogP contribution in [0.3, 0.4) is 0 Å². The quantitative estimate of drug-likeness (QED) is 0.0493. The van der Waals surface area contributed by atoms with Gasteiger partial charge in [0.1, 0.15) is 0 Å². The van der Waals surface area contributed by atoms with Crippen molar-refractivity contribution in [2.75, 3.05) is 32.8 Å². The Labute approximate surface area is 341 Å². The standard InChI is InChI=1S/C48H92N2O5/c1-5-9-17-27-43(28-18-10-6-2)36-41-54-47(52)33-23-15-13-14-21-31-45(49-46(51)35-40-50-38-25-26-39-50)32-22-16-24-34-48(53)55-42-37-44(29-19-11-7-3)30-20-12-8-4/h43-45H,5-42H2,1-4H3,(H,49,51). The number of carbonyl (C=O) groups is 3. The lowest BCUT2D eigenvalue weighted by Gasteiger charge is -2.20. The highest BCUT2D eigenvalue weighted by molar-refractivity contribution is 5.76. The van der Waals surface area contributed by atoms with E-state index in [4.69, 9.17) is 9.47 Å². The Morgan fingerprint density at radius 2 is 0.855 bits per heavy atom. The zero-order valence-electron chi connectivity index (χ0n) is 37.1. The summed E-state index contributed by atoms with van der Waals surface area (Å²) in [5.41, 5.74) is 0. The summed E-state index contributed by atoms with van der Waals surface area (Å²) in [7, 11) is 0. The van der Waals surface area contributed by atoms with E-state index in [9.17, 15) is 14.4 Å². The molecule has 1 amide bonds. The molecule has 0 aliphatic carbocycles. The number of likely N-dealkylation sites (tertiary alicyclic amines) is 1. The second-order valence-electron chi connectivity index (χ2n) is 17.2. The predicted octanol–water partition coefficient (Wildman–Crippen LogP) is 13.1. The molecule has 55 heavy (non-hydrogen) atoms. The van der Waals surface area contributed by atoms with Gasteiger partial charge in [-0.2, -0.15) is 0 Å². The zero-order valence-corrected chi connectivity index (χ0v) is 37.1.